The Morgan fingerprint density at radius 1 is 1.02 bits per heavy atom. The number of hydrogen-bond donors (Lipinski definition) is 1. The van der Waals surface area contributed by atoms with Crippen molar-refractivity contribution in [3.8, 4) is 0 Å². The van der Waals surface area contributed by atoms with Gasteiger partial charge in [0.25, 0.3) is 10.0 Å². The van der Waals surface area contributed by atoms with Crippen molar-refractivity contribution in [3.63, 3.8) is 0 Å². The second-order valence-electron chi connectivity index (χ2n) is 10.1. The van der Waals surface area contributed by atoms with E-state index in [2.05, 4.69) is 21.2 Å². The summed E-state index contributed by atoms with van der Waals surface area (Å²) in [7, 11) is -4.11. The van der Waals surface area contributed by atoms with Crippen LogP contribution in [0.1, 0.15) is 43.7 Å². The van der Waals surface area contributed by atoms with Gasteiger partial charge in [-0.2, -0.15) is 0 Å². The first-order chi connectivity index (χ1) is 19.0. The van der Waals surface area contributed by atoms with Gasteiger partial charge in [0, 0.05) is 22.1 Å². The van der Waals surface area contributed by atoms with Crippen molar-refractivity contribution in [3.05, 3.63) is 93.4 Å². The molecule has 212 valence electrons. The molecule has 1 N–H and O–H groups in total. The minimum absolute atomic E-state index is 0.0714. The van der Waals surface area contributed by atoms with Crippen molar-refractivity contribution in [1.82, 2.24) is 10.2 Å². The SMILES string of the molecule is Cc1ccc(S(=O)(=O)N(CC(=O)N(Cc2ccc(Cl)cc2)[C@H](C)C(=O)NC2CCCC2)c2cccc(Br)c2)cc1. The third kappa shape index (κ3) is 7.44. The summed E-state index contributed by atoms with van der Waals surface area (Å²) in [5.41, 5.74) is 2.02. The smallest absolute Gasteiger partial charge is 0.264 e. The minimum Gasteiger partial charge on any atom is -0.352 e. The largest absolute Gasteiger partial charge is 0.352 e. The number of carbonyl (C=O) groups excluding carboxylic acids is 2. The van der Waals surface area contributed by atoms with Gasteiger partial charge < -0.3 is 10.2 Å². The fraction of sp³-hybridized carbons (Fsp3) is 0.333. The van der Waals surface area contributed by atoms with E-state index in [0.717, 1.165) is 41.1 Å². The van der Waals surface area contributed by atoms with Crippen molar-refractivity contribution in [2.45, 2.75) is 63.1 Å². The molecule has 0 aromatic heterocycles. The molecule has 0 bridgehead atoms. The highest BCUT2D eigenvalue weighted by atomic mass is 79.9. The van der Waals surface area contributed by atoms with Crippen LogP contribution in [-0.4, -0.2) is 43.8 Å². The number of hydrogen-bond acceptors (Lipinski definition) is 4. The normalized spacial score (nSPS) is 14.5. The first-order valence-corrected chi connectivity index (χ1v) is 15.8. The highest BCUT2D eigenvalue weighted by Crippen LogP contribution is 2.27. The van der Waals surface area contributed by atoms with Crippen LogP contribution in [0.15, 0.2) is 82.2 Å². The molecule has 1 atom stereocenters. The van der Waals surface area contributed by atoms with Gasteiger partial charge >= 0.3 is 0 Å². The lowest BCUT2D eigenvalue weighted by Crippen LogP contribution is -2.52. The predicted octanol–water partition coefficient (Wildman–Crippen LogP) is 6.08. The second-order valence-corrected chi connectivity index (χ2v) is 13.3. The van der Waals surface area contributed by atoms with Crippen LogP contribution in [0.4, 0.5) is 5.69 Å². The lowest BCUT2D eigenvalue weighted by Gasteiger charge is -2.32. The zero-order valence-electron chi connectivity index (χ0n) is 22.5. The molecule has 0 heterocycles. The van der Waals surface area contributed by atoms with Crippen molar-refractivity contribution >= 4 is 55.1 Å². The van der Waals surface area contributed by atoms with E-state index in [4.69, 9.17) is 11.6 Å². The molecule has 1 fully saturated rings. The molecule has 10 heteroatoms. The van der Waals surface area contributed by atoms with Gasteiger partial charge in [0.1, 0.15) is 12.6 Å². The monoisotopic (exact) mass is 645 g/mol. The van der Waals surface area contributed by atoms with Crippen LogP contribution in [-0.2, 0) is 26.2 Å². The Labute approximate surface area is 249 Å². The van der Waals surface area contributed by atoms with E-state index in [9.17, 15) is 18.0 Å². The Hall–Kier alpha value is -2.88. The molecule has 3 aromatic rings. The zero-order chi connectivity index (χ0) is 28.9. The van der Waals surface area contributed by atoms with Gasteiger partial charge in [-0.15, -0.1) is 0 Å². The standard InChI is InChI=1S/C30H33BrClN3O4S/c1-21-10-16-28(17-11-21)40(38,39)35(27-9-5-6-24(31)18-27)20-29(36)34(19-23-12-14-25(32)15-13-23)22(2)30(37)33-26-7-3-4-8-26/h5-6,9-18,22,26H,3-4,7-8,19-20H2,1-2H3,(H,33,37)/t22-/m1/s1. The topological polar surface area (TPSA) is 86.8 Å². The third-order valence-corrected chi connectivity index (χ3v) is 9.65. The summed E-state index contributed by atoms with van der Waals surface area (Å²) in [4.78, 5) is 28.8. The van der Waals surface area contributed by atoms with Gasteiger partial charge in [-0.25, -0.2) is 8.42 Å². The summed E-state index contributed by atoms with van der Waals surface area (Å²) in [6.45, 7) is 3.18. The molecule has 2 amide bonds. The third-order valence-electron chi connectivity index (χ3n) is 7.12. The highest BCUT2D eigenvalue weighted by molar-refractivity contribution is 9.10. The van der Waals surface area contributed by atoms with E-state index in [-0.39, 0.29) is 23.4 Å². The molecule has 4 rings (SSSR count). The number of halogens is 2. The zero-order valence-corrected chi connectivity index (χ0v) is 25.7. The Kier molecular flexibility index (Phi) is 9.92. The number of amides is 2. The number of anilines is 1. The van der Waals surface area contributed by atoms with Crippen LogP contribution in [0.3, 0.4) is 0 Å². The van der Waals surface area contributed by atoms with Gasteiger partial charge in [-0.3, -0.25) is 13.9 Å². The number of carbonyl (C=O) groups is 2. The maximum Gasteiger partial charge on any atom is 0.264 e. The molecule has 3 aromatic carbocycles. The van der Waals surface area contributed by atoms with Crippen LogP contribution >= 0.6 is 27.5 Å². The Bertz CT molecular complexity index is 1440. The number of benzene rings is 3. The molecule has 1 saturated carbocycles. The maximum atomic E-state index is 14.0. The Morgan fingerprint density at radius 2 is 1.68 bits per heavy atom. The van der Waals surface area contributed by atoms with Crippen LogP contribution in [0.5, 0.6) is 0 Å². The maximum absolute atomic E-state index is 14.0. The molecule has 1 aliphatic rings. The summed E-state index contributed by atoms with van der Waals surface area (Å²) in [5.74, 6) is -0.760. The molecule has 7 nitrogen and oxygen atoms in total. The summed E-state index contributed by atoms with van der Waals surface area (Å²) in [5, 5.41) is 3.63. The van der Waals surface area contributed by atoms with Gasteiger partial charge in [0.2, 0.25) is 11.8 Å². The van der Waals surface area contributed by atoms with E-state index < -0.39 is 28.5 Å². The molecule has 1 aliphatic carbocycles. The van der Waals surface area contributed by atoms with E-state index in [0.29, 0.717) is 15.2 Å². The average Bonchev–Trinajstić information content (AvgIpc) is 3.44. The lowest BCUT2D eigenvalue weighted by molar-refractivity contribution is -0.139. The molecular formula is C30H33BrClN3O4S. The summed E-state index contributed by atoms with van der Waals surface area (Å²) in [6.07, 6.45) is 3.94. The first-order valence-electron chi connectivity index (χ1n) is 13.2. The average molecular weight is 647 g/mol. The molecule has 40 heavy (non-hydrogen) atoms. The predicted molar refractivity (Wildman–Crippen MR) is 162 cm³/mol. The molecule has 0 radical (unpaired) electrons. The molecular weight excluding hydrogens is 614 g/mol. The van der Waals surface area contributed by atoms with Crippen LogP contribution in [0.2, 0.25) is 5.02 Å². The summed E-state index contributed by atoms with van der Waals surface area (Å²) in [6, 6.07) is 19.6. The van der Waals surface area contributed by atoms with Gasteiger partial charge in [0.05, 0.1) is 10.6 Å². The van der Waals surface area contributed by atoms with Gasteiger partial charge in [0.15, 0.2) is 0 Å². The second kappa shape index (κ2) is 13.2. The first kappa shape index (κ1) is 30.1. The van der Waals surface area contributed by atoms with E-state index in [1.54, 1.807) is 67.6 Å². The Balaban J connectivity index is 1.68. The number of nitrogens with zero attached hydrogens (tertiary/aromatic N) is 2. The van der Waals surface area contributed by atoms with Crippen molar-refractivity contribution in [2.24, 2.45) is 0 Å². The Morgan fingerprint density at radius 3 is 2.30 bits per heavy atom. The van der Waals surface area contributed by atoms with E-state index >= 15 is 0 Å². The minimum atomic E-state index is -4.11. The van der Waals surface area contributed by atoms with Crippen LogP contribution in [0, 0.1) is 6.92 Å². The van der Waals surface area contributed by atoms with Gasteiger partial charge in [-0.05, 0) is 74.7 Å². The van der Waals surface area contributed by atoms with E-state index in [1.807, 2.05) is 6.92 Å². The quantitative estimate of drug-likeness (QED) is 0.289. The fourth-order valence-corrected chi connectivity index (χ4v) is 6.68. The van der Waals surface area contributed by atoms with Crippen molar-refractivity contribution in [1.29, 1.82) is 0 Å². The summed E-state index contributed by atoms with van der Waals surface area (Å²) >= 11 is 9.48. The molecule has 0 unspecified atom stereocenters. The van der Waals surface area contributed by atoms with Gasteiger partial charge in [-0.1, -0.05) is 76.3 Å². The number of rotatable bonds is 10. The van der Waals surface area contributed by atoms with Crippen molar-refractivity contribution < 1.29 is 18.0 Å². The van der Waals surface area contributed by atoms with Crippen LogP contribution in [0.25, 0.3) is 0 Å². The molecule has 0 saturated heterocycles. The fourth-order valence-electron chi connectivity index (χ4n) is 4.76. The van der Waals surface area contributed by atoms with Crippen LogP contribution < -0.4 is 9.62 Å². The lowest BCUT2D eigenvalue weighted by atomic mass is 10.1. The van der Waals surface area contributed by atoms with E-state index in [1.165, 1.54) is 17.0 Å². The highest BCUT2D eigenvalue weighted by Gasteiger charge is 2.33. The molecule has 0 aliphatic heterocycles. The van der Waals surface area contributed by atoms with Crippen molar-refractivity contribution in [2.75, 3.05) is 10.8 Å². The summed E-state index contributed by atoms with van der Waals surface area (Å²) < 4.78 is 29.5. The number of nitrogens with one attached hydrogen (secondary N) is 1. The number of sulfonamides is 1. The number of aryl methyl sites for hydroxylation is 1. The molecule has 0 spiro atoms.